The summed E-state index contributed by atoms with van der Waals surface area (Å²) < 4.78 is 15.9. The fourth-order valence-electron chi connectivity index (χ4n) is 3.35. The number of rotatable bonds is 5. The third-order valence-corrected chi connectivity index (χ3v) is 4.80. The molecule has 1 fully saturated rings. The van der Waals surface area contributed by atoms with E-state index in [2.05, 4.69) is 0 Å². The van der Waals surface area contributed by atoms with E-state index in [1.54, 1.807) is 14.2 Å². The molecule has 0 aromatic heterocycles. The maximum absolute atomic E-state index is 12.3. The van der Waals surface area contributed by atoms with Crippen molar-refractivity contribution in [3.63, 3.8) is 0 Å². The maximum atomic E-state index is 12.3. The summed E-state index contributed by atoms with van der Waals surface area (Å²) in [6, 6.07) is 11.5. The minimum absolute atomic E-state index is 0.0223. The van der Waals surface area contributed by atoms with Crippen LogP contribution in [0, 0.1) is 5.92 Å². The fraction of sp³-hybridized carbons (Fsp3) is 0.286. The van der Waals surface area contributed by atoms with Crippen molar-refractivity contribution in [1.29, 1.82) is 0 Å². The van der Waals surface area contributed by atoms with Crippen molar-refractivity contribution < 1.29 is 28.8 Å². The second-order valence-electron chi connectivity index (χ2n) is 6.50. The molecule has 0 saturated carbocycles. The van der Waals surface area contributed by atoms with E-state index in [1.165, 1.54) is 0 Å². The Morgan fingerprint density at radius 2 is 1.96 bits per heavy atom. The summed E-state index contributed by atoms with van der Waals surface area (Å²) in [4.78, 5) is 22.4. The van der Waals surface area contributed by atoms with Crippen LogP contribution < -0.4 is 14.4 Å². The Morgan fingerprint density at radius 3 is 2.78 bits per heavy atom. The fourth-order valence-corrected chi connectivity index (χ4v) is 3.35. The van der Waals surface area contributed by atoms with Crippen LogP contribution in [-0.2, 0) is 27.4 Å². The average Bonchev–Trinajstić information content (AvgIpc) is 3.29. The molecular formula is C21H20O6. The zero-order valence-corrected chi connectivity index (χ0v) is 15.2. The van der Waals surface area contributed by atoms with E-state index in [0.717, 1.165) is 22.4 Å². The van der Waals surface area contributed by atoms with Gasteiger partial charge in [0.25, 0.3) is 0 Å². The topological polar surface area (TPSA) is 63.2 Å². The summed E-state index contributed by atoms with van der Waals surface area (Å²) in [5.74, 6) is 1.70. The van der Waals surface area contributed by atoms with Crippen LogP contribution >= 0.6 is 0 Å². The molecule has 2 aliphatic rings. The summed E-state index contributed by atoms with van der Waals surface area (Å²) >= 11 is 0. The zero-order chi connectivity index (χ0) is 18.8. The van der Waals surface area contributed by atoms with E-state index in [0.29, 0.717) is 36.7 Å². The molecule has 0 spiro atoms. The molecule has 1 saturated heterocycles. The normalized spacial score (nSPS) is 19.6. The highest BCUT2D eigenvalue weighted by Gasteiger charge is 2.31. The van der Waals surface area contributed by atoms with Crippen LogP contribution in [0.4, 0.5) is 0 Å². The first-order valence-corrected chi connectivity index (χ1v) is 8.70. The number of hydrogen-bond donors (Lipinski definition) is 0. The van der Waals surface area contributed by atoms with Crippen LogP contribution in [0.25, 0.3) is 6.08 Å². The molecule has 2 aromatic rings. The standard InChI is InChI=1S/C21H20O6/c1-23-18-6-4-14(10-20(18)24-2)8-17-16(11-25-21(17)22)7-13-3-5-15-12-26-27-19(15)9-13/h3-6,8-10,16H,7,11-12H2,1-2H3/b17-8+. The molecule has 1 unspecified atom stereocenters. The monoisotopic (exact) mass is 368 g/mol. The van der Waals surface area contributed by atoms with Crippen molar-refractivity contribution in [2.24, 2.45) is 5.92 Å². The van der Waals surface area contributed by atoms with Gasteiger partial charge in [-0.3, -0.25) is 0 Å². The third kappa shape index (κ3) is 3.48. The van der Waals surface area contributed by atoms with Crippen molar-refractivity contribution in [2.75, 3.05) is 20.8 Å². The van der Waals surface area contributed by atoms with Gasteiger partial charge >= 0.3 is 5.97 Å². The molecule has 0 N–H and O–H groups in total. The molecule has 140 valence electrons. The molecular weight excluding hydrogens is 348 g/mol. The predicted octanol–water partition coefficient (Wildman–Crippen LogP) is 3.33. The molecule has 1 atom stereocenters. The van der Waals surface area contributed by atoms with Crippen LogP contribution in [0.3, 0.4) is 0 Å². The van der Waals surface area contributed by atoms with Crippen molar-refractivity contribution in [1.82, 2.24) is 0 Å². The number of carbonyl (C=O) groups excluding carboxylic acids is 1. The van der Waals surface area contributed by atoms with Crippen molar-refractivity contribution >= 4 is 12.0 Å². The van der Waals surface area contributed by atoms with Crippen LogP contribution in [0.1, 0.15) is 16.7 Å². The highest BCUT2D eigenvalue weighted by atomic mass is 17.2. The molecule has 0 amide bonds. The van der Waals surface area contributed by atoms with Gasteiger partial charge in [-0.2, -0.15) is 4.89 Å². The van der Waals surface area contributed by atoms with Gasteiger partial charge in [0, 0.05) is 17.1 Å². The Kier molecular flexibility index (Phi) is 4.73. The third-order valence-electron chi connectivity index (χ3n) is 4.80. The zero-order valence-electron chi connectivity index (χ0n) is 15.2. The number of carbonyl (C=O) groups is 1. The molecule has 2 heterocycles. The lowest BCUT2D eigenvalue weighted by Gasteiger charge is -2.11. The summed E-state index contributed by atoms with van der Waals surface area (Å²) in [5, 5.41) is 0. The van der Waals surface area contributed by atoms with Crippen LogP contribution in [0.2, 0.25) is 0 Å². The molecule has 27 heavy (non-hydrogen) atoms. The predicted molar refractivity (Wildman–Crippen MR) is 97.5 cm³/mol. The quantitative estimate of drug-likeness (QED) is 0.458. The van der Waals surface area contributed by atoms with Gasteiger partial charge in [-0.15, -0.1) is 0 Å². The van der Waals surface area contributed by atoms with E-state index >= 15 is 0 Å². The van der Waals surface area contributed by atoms with Gasteiger partial charge in [0.1, 0.15) is 6.61 Å². The van der Waals surface area contributed by atoms with Gasteiger partial charge in [0.2, 0.25) is 0 Å². The lowest BCUT2D eigenvalue weighted by molar-refractivity contribution is -0.194. The van der Waals surface area contributed by atoms with Crippen LogP contribution in [-0.4, -0.2) is 26.8 Å². The molecule has 6 heteroatoms. The van der Waals surface area contributed by atoms with E-state index < -0.39 is 0 Å². The number of methoxy groups -OCH3 is 2. The molecule has 0 radical (unpaired) electrons. The van der Waals surface area contributed by atoms with Gasteiger partial charge < -0.3 is 19.1 Å². The van der Waals surface area contributed by atoms with Gasteiger partial charge in [0.15, 0.2) is 17.2 Å². The second-order valence-corrected chi connectivity index (χ2v) is 6.50. The minimum atomic E-state index is -0.282. The lowest BCUT2D eigenvalue weighted by Crippen LogP contribution is -2.07. The van der Waals surface area contributed by atoms with Crippen molar-refractivity contribution in [2.45, 2.75) is 13.0 Å². The number of hydrogen-bond acceptors (Lipinski definition) is 6. The Bertz CT molecular complexity index is 902. The van der Waals surface area contributed by atoms with E-state index in [4.69, 9.17) is 24.0 Å². The second kappa shape index (κ2) is 7.32. The first-order valence-electron chi connectivity index (χ1n) is 8.70. The van der Waals surface area contributed by atoms with E-state index in [9.17, 15) is 4.79 Å². The number of cyclic esters (lactones) is 1. The smallest absolute Gasteiger partial charge is 0.334 e. The Hall–Kier alpha value is -2.99. The number of benzene rings is 2. The summed E-state index contributed by atoms with van der Waals surface area (Å²) in [6.45, 7) is 0.831. The van der Waals surface area contributed by atoms with Crippen LogP contribution in [0.5, 0.6) is 17.2 Å². The van der Waals surface area contributed by atoms with Crippen LogP contribution in [0.15, 0.2) is 42.0 Å². The molecule has 0 aliphatic carbocycles. The molecule has 2 aromatic carbocycles. The Balaban J connectivity index is 1.59. The SMILES string of the molecule is COc1ccc(/C=C2/C(=O)OCC2Cc2ccc3c(c2)OOC3)cc1OC. The van der Waals surface area contributed by atoms with Gasteiger partial charge in [-0.1, -0.05) is 18.2 Å². The van der Waals surface area contributed by atoms with Gasteiger partial charge in [0.05, 0.1) is 20.8 Å². The minimum Gasteiger partial charge on any atom is -0.493 e. The summed E-state index contributed by atoms with van der Waals surface area (Å²) in [6.07, 6.45) is 2.54. The number of esters is 1. The first-order chi connectivity index (χ1) is 13.2. The van der Waals surface area contributed by atoms with Gasteiger partial charge in [-0.05, 0) is 41.8 Å². The highest BCUT2D eigenvalue weighted by Crippen LogP contribution is 2.33. The summed E-state index contributed by atoms with van der Waals surface area (Å²) in [5.41, 5.74) is 3.61. The summed E-state index contributed by atoms with van der Waals surface area (Å²) in [7, 11) is 3.17. The number of fused-ring (bicyclic) bond motifs is 1. The lowest BCUT2D eigenvalue weighted by atomic mass is 9.92. The first kappa shape index (κ1) is 17.4. The molecule has 4 rings (SSSR count). The molecule has 0 bridgehead atoms. The van der Waals surface area contributed by atoms with Gasteiger partial charge in [-0.25, -0.2) is 4.79 Å². The number of ether oxygens (including phenoxy) is 3. The Morgan fingerprint density at radius 1 is 1.11 bits per heavy atom. The van der Waals surface area contributed by atoms with E-state index in [-0.39, 0.29) is 11.9 Å². The maximum Gasteiger partial charge on any atom is 0.334 e. The molecule has 2 aliphatic heterocycles. The van der Waals surface area contributed by atoms with Crippen molar-refractivity contribution in [3.8, 4) is 17.2 Å². The molecule has 6 nitrogen and oxygen atoms in total. The van der Waals surface area contributed by atoms with Crippen molar-refractivity contribution in [3.05, 3.63) is 58.7 Å². The highest BCUT2D eigenvalue weighted by molar-refractivity contribution is 5.96. The Labute approximate surface area is 157 Å². The average molecular weight is 368 g/mol. The van der Waals surface area contributed by atoms with E-state index in [1.807, 2.05) is 42.5 Å². The largest absolute Gasteiger partial charge is 0.493 e.